The van der Waals surface area contributed by atoms with Crippen LogP contribution < -0.4 is 0 Å². The van der Waals surface area contributed by atoms with Gasteiger partial charge in [-0.15, -0.1) is 0 Å². The van der Waals surface area contributed by atoms with Crippen LogP contribution in [0.25, 0.3) is 142 Å². The first kappa shape index (κ1) is 35.3. The highest BCUT2D eigenvalue weighted by Gasteiger charge is 2.17. The summed E-state index contributed by atoms with van der Waals surface area (Å²) in [5.74, 6) is 0. The van der Waals surface area contributed by atoms with Crippen molar-refractivity contribution in [1.82, 2.24) is 0 Å². The Balaban J connectivity index is 1.05. The molecule has 0 aliphatic rings. The molecular formula is C64H38. The zero-order chi connectivity index (χ0) is 41.9. The summed E-state index contributed by atoms with van der Waals surface area (Å²) in [5.41, 5.74) is 12.1. The van der Waals surface area contributed by atoms with Crippen molar-refractivity contribution in [3.05, 3.63) is 231 Å². The lowest BCUT2D eigenvalue weighted by atomic mass is 9.86. The first-order chi connectivity index (χ1) is 31.7. The van der Waals surface area contributed by atoms with E-state index in [1.54, 1.807) is 0 Å². The maximum absolute atomic E-state index is 2.43. The summed E-state index contributed by atoms with van der Waals surface area (Å²) in [5, 5.41) is 20.6. The van der Waals surface area contributed by atoms with Crippen LogP contribution in [0.1, 0.15) is 0 Å². The third kappa shape index (κ3) is 5.43. The SMILES string of the molecule is c1ccc2c(-c3cc(-c4cc(-c5cc6ccc7cccc8ccc(c5)c6c78)cc(-c5cc6ccc7cccc8ccc(c5)c6c78)c4)cc(-c4cccc5ccccc45)c3)cccc2c1. The Morgan fingerprint density at radius 2 is 0.406 bits per heavy atom. The normalized spacial score (nSPS) is 12.1. The summed E-state index contributed by atoms with van der Waals surface area (Å²) in [6.45, 7) is 0. The van der Waals surface area contributed by atoms with Crippen LogP contribution in [0.15, 0.2) is 231 Å². The molecule has 14 aromatic rings. The number of hydrogen-bond donors (Lipinski definition) is 0. The minimum atomic E-state index is 1.19. The summed E-state index contributed by atoms with van der Waals surface area (Å²) in [4.78, 5) is 0. The molecule has 294 valence electrons. The van der Waals surface area contributed by atoms with Gasteiger partial charge in [-0.1, -0.05) is 170 Å². The molecule has 14 aromatic carbocycles. The summed E-state index contributed by atoms with van der Waals surface area (Å²) < 4.78 is 0. The average molecular weight is 807 g/mol. The molecule has 0 heteroatoms. The second-order valence-electron chi connectivity index (χ2n) is 17.7. The van der Waals surface area contributed by atoms with E-state index in [0.717, 1.165) is 0 Å². The zero-order valence-corrected chi connectivity index (χ0v) is 34.9. The van der Waals surface area contributed by atoms with Crippen LogP contribution in [0, 0.1) is 0 Å². The summed E-state index contributed by atoms with van der Waals surface area (Å²) in [7, 11) is 0. The van der Waals surface area contributed by atoms with Crippen molar-refractivity contribution < 1.29 is 0 Å². The Labute approximate surface area is 370 Å². The highest BCUT2D eigenvalue weighted by molar-refractivity contribution is 6.25. The van der Waals surface area contributed by atoms with E-state index in [1.165, 1.54) is 142 Å². The Kier molecular flexibility index (Phi) is 7.49. The molecule has 0 atom stereocenters. The number of fused-ring (bicyclic) bond motifs is 2. The lowest BCUT2D eigenvalue weighted by Gasteiger charge is -2.18. The standard InChI is InChI=1S/C64H38/c1-3-17-57-39(9-1)11-7-19-59(57)55-36-54(37-56(38-55)60-20-8-12-40-10-2-4-18-58(40)60)53-34-51(49-29-45-25-21-41-13-5-14-42-22-26-46(30-49)63(45)61(41)42)33-52(35-53)50-31-47-27-23-43-15-6-16-44-24-28-48(32-50)64(47)62(43)44/h1-38H. The van der Waals surface area contributed by atoms with Gasteiger partial charge in [0.25, 0.3) is 0 Å². The van der Waals surface area contributed by atoms with E-state index in [4.69, 9.17) is 0 Å². The molecule has 0 bridgehead atoms. The maximum Gasteiger partial charge on any atom is -0.00264 e. The second-order valence-corrected chi connectivity index (χ2v) is 17.7. The molecule has 0 amide bonds. The smallest absolute Gasteiger partial charge is 0.00264 e. The fraction of sp³-hybridized carbons (Fsp3) is 0. The molecule has 0 aliphatic carbocycles. The Morgan fingerprint density at radius 1 is 0.156 bits per heavy atom. The topological polar surface area (TPSA) is 0 Å². The van der Waals surface area contributed by atoms with Crippen molar-refractivity contribution in [3.63, 3.8) is 0 Å². The highest BCUT2D eigenvalue weighted by atomic mass is 14.2. The first-order valence-corrected chi connectivity index (χ1v) is 22.3. The van der Waals surface area contributed by atoms with E-state index < -0.39 is 0 Å². The Hall–Kier alpha value is -8.32. The molecular weight excluding hydrogens is 769 g/mol. The predicted molar refractivity (Wildman–Crippen MR) is 276 cm³/mol. The number of rotatable bonds is 5. The van der Waals surface area contributed by atoms with Crippen molar-refractivity contribution in [2.45, 2.75) is 0 Å². The van der Waals surface area contributed by atoms with E-state index >= 15 is 0 Å². The molecule has 0 radical (unpaired) electrons. The van der Waals surface area contributed by atoms with Crippen molar-refractivity contribution in [2.24, 2.45) is 0 Å². The van der Waals surface area contributed by atoms with Crippen LogP contribution in [0.4, 0.5) is 0 Å². The fourth-order valence-electron chi connectivity index (χ4n) is 11.0. The van der Waals surface area contributed by atoms with Gasteiger partial charge in [0.15, 0.2) is 0 Å². The highest BCUT2D eigenvalue weighted by Crippen LogP contribution is 2.44. The molecule has 64 heavy (non-hydrogen) atoms. The number of benzene rings is 14. The lowest BCUT2D eigenvalue weighted by molar-refractivity contribution is 1.57. The van der Waals surface area contributed by atoms with Gasteiger partial charge >= 0.3 is 0 Å². The first-order valence-electron chi connectivity index (χ1n) is 22.3. The van der Waals surface area contributed by atoms with Gasteiger partial charge < -0.3 is 0 Å². The predicted octanol–water partition coefficient (Wildman–Crippen LogP) is 18.1. The van der Waals surface area contributed by atoms with Crippen LogP contribution in [0.2, 0.25) is 0 Å². The van der Waals surface area contributed by atoms with Gasteiger partial charge in [0.1, 0.15) is 0 Å². The van der Waals surface area contributed by atoms with Crippen LogP contribution >= 0.6 is 0 Å². The molecule has 0 aliphatic heterocycles. The van der Waals surface area contributed by atoms with Gasteiger partial charge in [-0.2, -0.15) is 0 Å². The summed E-state index contributed by atoms with van der Waals surface area (Å²) in [6, 6.07) is 86.7. The van der Waals surface area contributed by atoms with Crippen molar-refractivity contribution in [3.8, 4) is 55.6 Å². The third-order valence-electron chi connectivity index (χ3n) is 14.0. The van der Waals surface area contributed by atoms with Crippen LogP contribution in [-0.2, 0) is 0 Å². The monoisotopic (exact) mass is 806 g/mol. The fourth-order valence-corrected chi connectivity index (χ4v) is 11.0. The van der Waals surface area contributed by atoms with Gasteiger partial charge in [-0.05, 0) is 202 Å². The van der Waals surface area contributed by atoms with Crippen molar-refractivity contribution in [2.75, 3.05) is 0 Å². The zero-order valence-electron chi connectivity index (χ0n) is 34.9. The number of hydrogen-bond acceptors (Lipinski definition) is 0. The largest absolute Gasteiger partial charge is 0.0616 e. The molecule has 0 spiro atoms. The van der Waals surface area contributed by atoms with Crippen LogP contribution in [0.3, 0.4) is 0 Å². The van der Waals surface area contributed by atoms with Gasteiger partial charge in [0.2, 0.25) is 0 Å². The van der Waals surface area contributed by atoms with E-state index in [2.05, 4.69) is 231 Å². The third-order valence-corrected chi connectivity index (χ3v) is 14.0. The molecule has 0 saturated carbocycles. The molecule has 14 rings (SSSR count). The van der Waals surface area contributed by atoms with E-state index in [0.29, 0.717) is 0 Å². The molecule has 0 nitrogen and oxygen atoms in total. The van der Waals surface area contributed by atoms with Gasteiger partial charge in [-0.3, -0.25) is 0 Å². The molecule has 0 unspecified atom stereocenters. The van der Waals surface area contributed by atoms with Gasteiger partial charge in [0, 0.05) is 0 Å². The average Bonchev–Trinajstić information content (AvgIpc) is 3.36. The van der Waals surface area contributed by atoms with Crippen molar-refractivity contribution in [1.29, 1.82) is 0 Å². The maximum atomic E-state index is 2.43. The minimum absolute atomic E-state index is 1.19. The minimum Gasteiger partial charge on any atom is -0.0616 e. The van der Waals surface area contributed by atoms with E-state index in [9.17, 15) is 0 Å². The summed E-state index contributed by atoms with van der Waals surface area (Å²) >= 11 is 0. The molecule has 0 saturated heterocycles. The molecule has 0 heterocycles. The molecule has 0 N–H and O–H groups in total. The van der Waals surface area contributed by atoms with Crippen molar-refractivity contribution >= 4 is 86.2 Å². The molecule has 0 aromatic heterocycles. The van der Waals surface area contributed by atoms with Crippen LogP contribution in [-0.4, -0.2) is 0 Å². The van der Waals surface area contributed by atoms with E-state index in [1.807, 2.05) is 0 Å². The lowest BCUT2D eigenvalue weighted by Crippen LogP contribution is -1.91. The Morgan fingerprint density at radius 3 is 0.797 bits per heavy atom. The van der Waals surface area contributed by atoms with Gasteiger partial charge in [0.05, 0.1) is 0 Å². The van der Waals surface area contributed by atoms with Crippen LogP contribution in [0.5, 0.6) is 0 Å². The Bertz CT molecular complexity index is 3780. The van der Waals surface area contributed by atoms with E-state index in [-0.39, 0.29) is 0 Å². The second kappa shape index (κ2) is 13.6. The van der Waals surface area contributed by atoms with Gasteiger partial charge in [-0.25, -0.2) is 0 Å². The molecule has 0 fully saturated rings. The quantitative estimate of drug-likeness (QED) is 0.152. The summed E-state index contributed by atoms with van der Waals surface area (Å²) in [6.07, 6.45) is 0.